The summed E-state index contributed by atoms with van der Waals surface area (Å²) in [4.78, 5) is 23.0. The van der Waals surface area contributed by atoms with Crippen LogP contribution in [0.1, 0.15) is 33.6 Å². The quantitative estimate of drug-likeness (QED) is 0.134. The normalized spacial score (nSPS) is 12.4. The van der Waals surface area contributed by atoms with E-state index in [0.717, 1.165) is 31.0 Å². The molecule has 0 amide bonds. The molecule has 6 nitrogen and oxygen atoms in total. The molecule has 0 spiro atoms. The molecule has 174 valence electrons. The van der Waals surface area contributed by atoms with Crippen LogP contribution in [0, 0.1) is 0 Å². The fourth-order valence-corrected chi connectivity index (χ4v) is 16.9. The highest BCUT2D eigenvalue weighted by atomic mass is 28.5. The molecule has 0 saturated carbocycles. The molecule has 0 aliphatic rings. The van der Waals surface area contributed by atoms with Gasteiger partial charge in [0, 0.05) is 11.1 Å². The lowest BCUT2D eigenvalue weighted by Gasteiger charge is -2.40. The molecular weight excluding hydrogens is 432 g/mol. The molecule has 0 aromatic carbocycles. The molecule has 9 heteroatoms. The van der Waals surface area contributed by atoms with Crippen molar-refractivity contribution < 1.29 is 27.3 Å². The Labute approximate surface area is 186 Å². The van der Waals surface area contributed by atoms with E-state index in [1.165, 1.54) is 0 Å². The number of carbonyl (C=O) groups is 2. The molecule has 0 N–H and O–H groups in total. The average molecular weight is 475 g/mol. The summed E-state index contributed by atoms with van der Waals surface area (Å²) in [6, 6.07) is 2.69. The molecule has 0 rings (SSSR count). The molecule has 0 aromatic heterocycles. The van der Waals surface area contributed by atoms with Crippen molar-refractivity contribution in [3.05, 3.63) is 24.3 Å². The summed E-state index contributed by atoms with van der Waals surface area (Å²) in [6.07, 6.45) is 1.56. The van der Waals surface area contributed by atoms with Gasteiger partial charge in [0.15, 0.2) is 16.6 Å². The summed E-state index contributed by atoms with van der Waals surface area (Å²) in [7, 11) is -6.23. The van der Waals surface area contributed by atoms with E-state index < -0.39 is 25.2 Å². The number of rotatable bonds is 15. The zero-order valence-corrected chi connectivity index (χ0v) is 23.3. The molecule has 0 saturated heterocycles. The maximum atomic E-state index is 11.5. The minimum Gasteiger partial charge on any atom is -0.462 e. The van der Waals surface area contributed by atoms with E-state index in [4.69, 9.17) is 17.7 Å². The van der Waals surface area contributed by atoms with Crippen LogP contribution in [0.25, 0.3) is 0 Å². The summed E-state index contributed by atoms with van der Waals surface area (Å²) in [5.74, 6) is -0.679. The number of hydrogen-bond donors (Lipinski definition) is 0. The predicted octanol–water partition coefficient (Wildman–Crippen LogP) is 5.54. The minimum absolute atomic E-state index is 0.340. The molecule has 0 aliphatic carbocycles. The molecule has 0 atom stereocenters. The molecule has 0 aliphatic heterocycles. The second kappa shape index (κ2) is 12.8. The Morgan fingerprint density at radius 3 is 1.33 bits per heavy atom. The third-order valence-electron chi connectivity index (χ3n) is 4.64. The third kappa shape index (κ3) is 12.6. The molecule has 0 heterocycles. The van der Waals surface area contributed by atoms with Gasteiger partial charge in [-0.25, -0.2) is 9.59 Å². The number of ether oxygens (including phenoxy) is 2. The van der Waals surface area contributed by atoms with Crippen LogP contribution in [0.2, 0.25) is 50.9 Å². The van der Waals surface area contributed by atoms with E-state index in [9.17, 15) is 9.59 Å². The van der Waals surface area contributed by atoms with Gasteiger partial charge in [-0.05, 0) is 77.6 Å². The van der Waals surface area contributed by atoms with Crippen LogP contribution in [-0.4, -0.2) is 50.3 Å². The van der Waals surface area contributed by atoms with Crippen LogP contribution in [-0.2, 0) is 27.3 Å². The monoisotopic (exact) mass is 474 g/mol. The molecule has 0 bridgehead atoms. The van der Waals surface area contributed by atoms with Gasteiger partial charge in [-0.15, -0.1) is 0 Å². The topological polar surface area (TPSA) is 71.1 Å². The van der Waals surface area contributed by atoms with E-state index in [1.807, 2.05) is 0 Å². The lowest BCUT2D eigenvalue weighted by atomic mass is 10.4. The van der Waals surface area contributed by atoms with Gasteiger partial charge in [-0.3, -0.25) is 0 Å². The van der Waals surface area contributed by atoms with Crippen molar-refractivity contribution in [3.8, 4) is 0 Å². The lowest BCUT2D eigenvalue weighted by Crippen LogP contribution is -2.53. The predicted molar refractivity (Wildman–Crippen MR) is 130 cm³/mol. The number of carbonyl (C=O) groups excluding carboxylic acids is 2. The van der Waals surface area contributed by atoms with Crippen molar-refractivity contribution in [3.63, 3.8) is 0 Å². The largest absolute Gasteiger partial charge is 0.462 e. The average Bonchev–Trinajstić information content (AvgIpc) is 2.60. The molecule has 0 aromatic rings. The van der Waals surface area contributed by atoms with E-state index >= 15 is 0 Å². The lowest BCUT2D eigenvalue weighted by molar-refractivity contribution is -0.139. The zero-order chi connectivity index (χ0) is 23.6. The van der Waals surface area contributed by atoms with Gasteiger partial charge in [-0.2, -0.15) is 0 Å². The van der Waals surface area contributed by atoms with E-state index in [-0.39, 0.29) is 11.9 Å². The standard InChI is InChI=1S/C21H42O6Si3/c1-11-30(10,26-28(6,7)16-12-14-24-20(22)18(2)3)27-29(8,9)17-13-15-25-21(23)19(4)5/h2,4,11-17H2,1,3,5-10H3. The smallest absolute Gasteiger partial charge is 0.333 e. The van der Waals surface area contributed by atoms with Crippen LogP contribution < -0.4 is 0 Å². The third-order valence-corrected chi connectivity index (χ3v) is 16.9. The maximum Gasteiger partial charge on any atom is 0.333 e. The second-order valence-electron chi connectivity index (χ2n) is 9.25. The van der Waals surface area contributed by atoms with Crippen molar-refractivity contribution in [2.45, 2.75) is 84.5 Å². The van der Waals surface area contributed by atoms with Crippen molar-refractivity contribution in [2.75, 3.05) is 13.2 Å². The molecular formula is C21H42O6Si3. The first-order valence-electron chi connectivity index (χ1n) is 10.7. The second-order valence-corrected chi connectivity index (χ2v) is 21.9. The Kier molecular flexibility index (Phi) is 12.3. The summed E-state index contributed by atoms with van der Waals surface area (Å²) in [5, 5.41) is 0. The van der Waals surface area contributed by atoms with Crippen molar-refractivity contribution in [2.24, 2.45) is 0 Å². The van der Waals surface area contributed by atoms with E-state index in [1.54, 1.807) is 13.8 Å². The van der Waals surface area contributed by atoms with Gasteiger partial charge < -0.3 is 17.7 Å². The first kappa shape index (κ1) is 29.0. The van der Waals surface area contributed by atoms with Crippen LogP contribution in [0.4, 0.5) is 0 Å². The highest BCUT2D eigenvalue weighted by Gasteiger charge is 2.41. The SMILES string of the molecule is C=C(C)C(=O)OCCC[Si](C)(C)O[Si](C)(CC)O[Si](C)(C)CCCOC(=O)C(=C)C. The maximum absolute atomic E-state index is 11.5. The first-order chi connectivity index (χ1) is 13.6. The summed E-state index contributed by atoms with van der Waals surface area (Å²) < 4.78 is 23.7. The van der Waals surface area contributed by atoms with Gasteiger partial charge in [0.25, 0.3) is 0 Å². The number of hydrogen-bond acceptors (Lipinski definition) is 6. The molecule has 0 fully saturated rings. The highest BCUT2D eigenvalue weighted by Crippen LogP contribution is 2.28. The summed E-state index contributed by atoms with van der Waals surface area (Å²) in [6.45, 7) is 24.3. The van der Waals surface area contributed by atoms with Gasteiger partial charge in [0.1, 0.15) is 0 Å². The Morgan fingerprint density at radius 2 is 1.07 bits per heavy atom. The fourth-order valence-electron chi connectivity index (χ4n) is 3.01. The van der Waals surface area contributed by atoms with Gasteiger partial charge in [-0.1, -0.05) is 20.1 Å². The zero-order valence-electron chi connectivity index (χ0n) is 20.3. The Balaban J connectivity index is 4.61. The van der Waals surface area contributed by atoms with Crippen LogP contribution in [0.3, 0.4) is 0 Å². The fraction of sp³-hybridized carbons (Fsp3) is 0.714. The van der Waals surface area contributed by atoms with E-state index in [2.05, 4.69) is 52.8 Å². The highest BCUT2D eigenvalue weighted by molar-refractivity contribution is 6.88. The van der Waals surface area contributed by atoms with Crippen molar-refractivity contribution in [1.82, 2.24) is 0 Å². The van der Waals surface area contributed by atoms with Crippen LogP contribution in [0.5, 0.6) is 0 Å². The van der Waals surface area contributed by atoms with Crippen molar-refractivity contribution >= 4 is 37.1 Å². The minimum atomic E-state index is -2.31. The molecule has 0 radical (unpaired) electrons. The van der Waals surface area contributed by atoms with Gasteiger partial charge in [0.2, 0.25) is 0 Å². The van der Waals surface area contributed by atoms with Gasteiger partial charge >= 0.3 is 20.5 Å². The van der Waals surface area contributed by atoms with Crippen LogP contribution >= 0.6 is 0 Å². The Bertz CT molecular complexity index is 568. The van der Waals surface area contributed by atoms with Crippen molar-refractivity contribution in [1.29, 1.82) is 0 Å². The summed E-state index contributed by atoms with van der Waals surface area (Å²) >= 11 is 0. The summed E-state index contributed by atoms with van der Waals surface area (Å²) in [5.41, 5.74) is 0.840. The molecule has 30 heavy (non-hydrogen) atoms. The van der Waals surface area contributed by atoms with Crippen LogP contribution in [0.15, 0.2) is 24.3 Å². The first-order valence-corrected chi connectivity index (χ1v) is 19.4. The van der Waals surface area contributed by atoms with Gasteiger partial charge in [0.05, 0.1) is 13.2 Å². The Hall–Kier alpha value is -1.01. The van der Waals surface area contributed by atoms with E-state index in [0.29, 0.717) is 24.4 Å². The number of esters is 2. The Morgan fingerprint density at radius 1 is 0.733 bits per heavy atom. The molecule has 0 unspecified atom stereocenters.